The van der Waals surface area contributed by atoms with E-state index in [1.165, 1.54) is 22.6 Å². The number of thioether (sulfide) groups is 1. The van der Waals surface area contributed by atoms with Crippen LogP contribution in [-0.4, -0.2) is 5.75 Å². The standard InChI is InChI=1S/C10H13NS/c1-7-4-5-12-10-3-2-8(11)6-9(7)10/h2-3,6-7H,4-5,11H2,1H3. The predicted molar refractivity (Wildman–Crippen MR) is 54.6 cm³/mol. The van der Waals surface area contributed by atoms with Gasteiger partial charge in [-0.05, 0) is 41.9 Å². The molecule has 0 aliphatic carbocycles. The Labute approximate surface area is 77.3 Å². The lowest BCUT2D eigenvalue weighted by atomic mass is 9.98. The van der Waals surface area contributed by atoms with Gasteiger partial charge in [-0.25, -0.2) is 0 Å². The number of nitrogen functional groups attached to an aromatic ring is 1. The first-order valence-corrected chi connectivity index (χ1v) is 5.28. The summed E-state index contributed by atoms with van der Waals surface area (Å²) in [5, 5.41) is 0. The van der Waals surface area contributed by atoms with E-state index in [1.54, 1.807) is 0 Å². The highest BCUT2D eigenvalue weighted by molar-refractivity contribution is 7.99. The van der Waals surface area contributed by atoms with Crippen LogP contribution in [0, 0.1) is 0 Å². The summed E-state index contributed by atoms with van der Waals surface area (Å²) in [4.78, 5) is 1.42. The summed E-state index contributed by atoms with van der Waals surface area (Å²) in [6.07, 6.45) is 1.28. The second-order valence-corrected chi connectivity index (χ2v) is 4.47. The summed E-state index contributed by atoms with van der Waals surface area (Å²) < 4.78 is 0. The molecule has 2 N–H and O–H groups in total. The zero-order valence-corrected chi connectivity index (χ0v) is 8.03. The molecule has 0 spiro atoms. The molecule has 2 rings (SSSR count). The van der Waals surface area contributed by atoms with Gasteiger partial charge in [0.05, 0.1) is 0 Å². The Morgan fingerprint density at radius 2 is 2.33 bits per heavy atom. The van der Waals surface area contributed by atoms with E-state index in [2.05, 4.69) is 19.1 Å². The van der Waals surface area contributed by atoms with Crippen LogP contribution in [0.2, 0.25) is 0 Å². The van der Waals surface area contributed by atoms with Crippen LogP contribution in [0.1, 0.15) is 24.8 Å². The molecule has 0 aromatic heterocycles. The molecular weight excluding hydrogens is 166 g/mol. The monoisotopic (exact) mass is 179 g/mol. The molecule has 1 atom stereocenters. The van der Waals surface area contributed by atoms with E-state index < -0.39 is 0 Å². The summed E-state index contributed by atoms with van der Waals surface area (Å²) in [5.74, 6) is 1.93. The quantitative estimate of drug-likeness (QED) is 0.620. The average molecular weight is 179 g/mol. The highest BCUT2D eigenvalue weighted by atomic mass is 32.2. The van der Waals surface area contributed by atoms with Crippen LogP contribution in [0.3, 0.4) is 0 Å². The van der Waals surface area contributed by atoms with Crippen molar-refractivity contribution in [1.29, 1.82) is 0 Å². The smallest absolute Gasteiger partial charge is 0.0317 e. The van der Waals surface area contributed by atoms with E-state index in [1.807, 2.05) is 17.8 Å². The lowest BCUT2D eigenvalue weighted by Crippen LogP contribution is -2.04. The number of rotatable bonds is 0. The first-order chi connectivity index (χ1) is 5.77. The second kappa shape index (κ2) is 3.02. The van der Waals surface area contributed by atoms with Crippen LogP contribution >= 0.6 is 11.8 Å². The van der Waals surface area contributed by atoms with Crippen molar-refractivity contribution in [3.8, 4) is 0 Å². The Bertz CT molecular complexity index is 296. The van der Waals surface area contributed by atoms with Crippen molar-refractivity contribution in [2.45, 2.75) is 24.2 Å². The zero-order chi connectivity index (χ0) is 8.55. The SMILES string of the molecule is CC1CCSc2ccc(N)cc21. The summed E-state index contributed by atoms with van der Waals surface area (Å²) in [6.45, 7) is 2.28. The van der Waals surface area contributed by atoms with Crippen LogP contribution in [0.5, 0.6) is 0 Å². The topological polar surface area (TPSA) is 26.0 Å². The molecule has 1 aromatic carbocycles. The summed E-state index contributed by atoms with van der Waals surface area (Å²) >= 11 is 1.95. The van der Waals surface area contributed by atoms with Gasteiger partial charge in [-0.1, -0.05) is 6.92 Å². The fraction of sp³-hybridized carbons (Fsp3) is 0.400. The van der Waals surface area contributed by atoms with Crippen LogP contribution in [0.25, 0.3) is 0 Å². The lowest BCUT2D eigenvalue weighted by Gasteiger charge is -2.21. The molecule has 1 aromatic rings. The molecule has 1 heterocycles. The summed E-state index contributed by atoms with van der Waals surface area (Å²) in [7, 11) is 0. The van der Waals surface area contributed by atoms with Crippen molar-refractivity contribution in [3.05, 3.63) is 23.8 Å². The molecule has 0 radical (unpaired) electrons. The maximum Gasteiger partial charge on any atom is 0.0317 e. The summed E-state index contributed by atoms with van der Waals surface area (Å²) in [6, 6.07) is 6.25. The maximum atomic E-state index is 5.73. The van der Waals surface area contributed by atoms with E-state index >= 15 is 0 Å². The van der Waals surface area contributed by atoms with Crippen molar-refractivity contribution < 1.29 is 0 Å². The van der Waals surface area contributed by atoms with Gasteiger partial charge in [-0.15, -0.1) is 11.8 Å². The fourth-order valence-corrected chi connectivity index (χ4v) is 2.87. The van der Waals surface area contributed by atoms with E-state index in [4.69, 9.17) is 5.73 Å². The average Bonchev–Trinajstić information content (AvgIpc) is 2.07. The molecule has 64 valence electrons. The normalized spacial score (nSPS) is 21.9. The Morgan fingerprint density at radius 1 is 1.50 bits per heavy atom. The first kappa shape index (κ1) is 7.99. The molecule has 1 aliphatic rings. The van der Waals surface area contributed by atoms with Crippen LogP contribution < -0.4 is 5.73 Å². The molecule has 0 fully saturated rings. The van der Waals surface area contributed by atoms with E-state index in [-0.39, 0.29) is 0 Å². The van der Waals surface area contributed by atoms with Crippen molar-refractivity contribution in [1.82, 2.24) is 0 Å². The zero-order valence-electron chi connectivity index (χ0n) is 7.21. The Balaban J connectivity index is 2.47. The molecular formula is C10H13NS. The Morgan fingerprint density at radius 3 is 3.17 bits per heavy atom. The van der Waals surface area contributed by atoms with Gasteiger partial charge in [0.2, 0.25) is 0 Å². The van der Waals surface area contributed by atoms with Gasteiger partial charge < -0.3 is 5.73 Å². The summed E-state index contributed by atoms with van der Waals surface area (Å²) in [5.41, 5.74) is 8.06. The largest absolute Gasteiger partial charge is 0.399 e. The molecule has 1 aliphatic heterocycles. The van der Waals surface area contributed by atoms with Crippen LogP contribution in [0.4, 0.5) is 5.69 Å². The third-order valence-electron chi connectivity index (χ3n) is 2.37. The number of fused-ring (bicyclic) bond motifs is 1. The van der Waals surface area contributed by atoms with Gasteiger partial charge in [0.25, 0.3) is 0 Å². The molecule has 0 amide bonds. The van der Waals surface area contributed by atoms with Crippen molar-refractivity contribution in [2.75, 3.05) is 11.5 Å². The number of anilines is 1. The minimum absolute atomic E-state index is 0.685. The number of hydrogen-bond acceptors (Lipinski definition) is 2. The minimum Gasteiger partial charge on any atom is -0.399 e. The van der Waals surface area contributed by atoms with Crippen LogP contribution in [-0.2, 0) is 0 Å². The molecule has 0 bridgehead atoms. The Kier molecular flexibility index (Phi) is 2.01. The van der Waals surface area contributed by atoms with Gasteiger partial charge in [0.15, 0.2) is 0 Å². The maximum absolute atomic E-state index is 5.73. The Hall–Kier alpha value is -0.630. The van der Waals surface area contributed by atoms with Gasteiger partial charge >= 0.3 is 0 Å². The van der Waals surface area contributed by atoms with Crippen molar-refractivity contribution in [3.63, 3.8) is 0 Å². The molecule has 1 nitrogen and oxygen atoms in total. The fourth-order valence-electron chi connectivity index (χ4n) is 1.58. The van der Waals surface area contributed by atoms with E-state index in [9.17, 15) is 0 Å². The first-order valence-electron chi connectivity index (χ1n) is 4.29. The van der Waals surface area contributed by atoms with Crippen molar-refractivity contribution >= 4 is 17.4 Å². The third kappa shape index (κ3) is 1.31. The van der Waals surface area contributed by atoms with Gasteiger partial charge in [-0.3, -0.25) is 0 Å². The van der Waals surface area contributed by atoms with E-state index in [0.29, 0.717) is 5.92 Å². The second-order valence-electron chi connectivity index (χ2n) is 3.34. The number of benzene rings is 1. The number of nitrogens with two attached hydrogens (primary N) is 1. The molecule has 1 unspecified atom stereocenters. The lowest BCUT2D eigenvalue weighted by molar-refractivity contribution is 0.714. The predicted octanol–water partition coefficient (Wildman–Crippen LogP) is 2.87. The highest BCUT2D eigenvalue weighted by Gasteiger charge is 2.16. The number of hydrogen-bond donors (Lipinski definition) is 1. The molecule has 0 saturated carbocycles. The van der Waals surface area contributed by atoms with Gasteiger partial charge in [-0.2, -0.15) is 0 Å². The highest BCUT2D eigenvalue weighted by Crippen LogP contribution is 2.37. The van der Waals surface area contributed by atoms with Gasteiger partial charge in [0.1, 0.15) is 0 Å². The molecule has 0 saturated heterocycles. The van der Waals surface area contributed by atoms with Gasteiger partial charge in [0, 0.05) is 10.6 Å². The van der Waals surface area contributed by atoms with Crippen LogP contribution in [0.15, 0.2) is 23.1 Å². The molecule has 2 heteroatoms. The molecule has 12 heavy (non-hydrogen) atoms. The third-order valence-corrected chi connectivity index (χ3v) is 3.50. The minimum atomic E-state index is 0.685. The van der Waals surface area contributed by atoms with Crippen molar-refractivity contribution in [2.24, 2.45) is 0 Å². The van der Waals surface area contributed by atoms with E-state index in [0.717, 1.165) is 5.69 Å².